The van der Waals surface area contributed by atoms with E-state index in [0.29, 0.717) is 63.4 Å². The highest BCUT2D eigenvalue weighted by atomic mass is 79.9. The van der Waals surface area contributed by atoms with Gasteiger partial charge in [0, 0.05) is 69.8 Å². The summed E-state index contributed by atoms with van der Waals surface area (Å²) < 4.78 is 18.0. The molecule has 4 heterocycles. The zero-order valence-electron chi connectivity index (χ0n) is 42.5. The number of hydrogen-bond donors (Lipinski definition) is 0. The Bertz CT molecular complexity index is 3600. The van der Waals surface area contributed by atoms with E-state index >= 15 is 0 Å². The van der Waals surface area contributed by atoms with Crippen molar-refractivity contribution in [2.75, 3.05) is 13.1 Å². The molecule has 0 aliphatic carbocycles. The first-order chi connectivity index (χ1) is 38.2. The van der Waals surface area contributed by atoms with Gasteiger partial charge in [-0.15, -0.1) is 0 Å². The second-order valence-electron chi connectivity index (χ2n) is 19.5. The molecule has 2 aliphatic heterocycles. The lowest BCUT2D eigenvalue weighted by atomic mass is 9.81. The second-order valence-corrected chi connectivity index (χ2v) is 21.4. The summed E-state index contributed by atoms with van der Waals surface area (Å²) in [5, 5.41) is 24.4. The zero-order chi connectivity index (χ0) is 53.6. The lowest BCUT2D eigenvalue weighted by Gasteiger charge is -2.42. The standard InChI is InChI=1S/2C33H26BrN3O2/c2*34-26-17-15-24(16-18-26)21-33(23-35)31-29(19-20-37(33)32(38)39-27-11-5-2-6-12-27)28-13-7-8-14-30(28)36(31)22-25-9-3-1-4-10-25/h2*1-18H,19-22H2/t2*33-/m11/s1. The summed E-state index contributed by atoms with van der Waals surface area (Å²) in [5.74, 6) is 0.905. The Balaban J connectivity index is 0.000000165. The highest BCUT2D eigenvalue weighted by molar-refractivity contribution is 9.10. The molecule has 0 saturated heterocycles. The second kappa shape index (κ2) is 22.5. The molecule has 78 heavy (non-hydrogen) atoms. The molecule has 2 aromatic heterocycles. The van der Waals surface area contributed by atoms with Crippen molar-refractivity contribution in [3.05, 3.63) is 272 Å². The van der Waals surface area contributed by atoms with Gasteiger partial charge in [0.2, 0.25) is 0 Å². The Kier molecular flexibility index (Phi) is 14.8. The highest BCUT2D eigenvalue weighted by Gasteiger charge is 2.51. The van der Waals surface area contributed by atoms with E-state index in [-0.39, 0.29) is 0 Å². The number of carbonyl (C=O) groups is 2. The Morgan fingerprint density at radius 1 is 0.436 bits per heavy atom. The number of aromatic nitrogens is 2. The predicted molar refractivity (Wildman–Crippen MR) is 311 cm³/mol. The van der Waals surface area contributed by atoms with E-state index in [1.54, 1.807) is 34.1 Å². The van der Waals surface area contributed by atoms with Crippen LogP contribution in [0.1, 0.15) is 44.8 Å². The third kappa shape index (κ3) is 10.1. The molecule has 12 heteroatoms. The Labute approximate surface area is 470 Å². The normalized spacial score (nSPS) is 16.5. The van der Waals surface area contributed by atoms with Crippen LogP contribution in [0.15, 0.2) is 227 Å². The Morgan fingerprint density at radius 2 is 0.769 bits per heavy atom. The highest BCUT2D eigenvalue weighted by Crippen LogP contribution is 2.46. The summed E-state index contributed by atoms with van der Waals surface area (Å²) >= 11 is 7.03. The summed E-state index contributed by atoms with van der Waals surface area (Å²) in [4.78, 5) is 30.9. The molecule has 0 bridgehead atoms. The van der Waals surface area contributed by atoms with Crippen molar-refractivity contribution in [3.8, 4) is 23.6 Å². The maximum Gasteiger partial charge on any atom is 0.416 e. The van der Waals surface area contributed by atoms with E-state index in [9.17, 15) is 20.1 Å². The first kappa shape index (κ1) is 51.4. The molecule has 2 amide bonds. The summed E-state index contributed by atoms with van der Waals surface area (Å²) in [6, 6.07) is 76.3. The van der Waals surface area contributed by atoms with E-state index < -0.39 is 23.3 Å². The number of ether oxygens (including phenoxy) is 2. The molecule has 10 aromatic rings. The monoisotopic (exact) mass is 1150 g/mol. The minimum atomic E-state index is -1.28. The van der Waals surface area contributed by atoms with Gasteiger partial charge in [-0.05, 0) is 107 Å². The third-order valence-corrected chi connectivity index (χ3v) is 15.9. The fourth-order valence-corrected chi connectivity index (χ4v) is 11.9. The van der Waals surface area contributed by atoms with Gasteiger partial charge >= 0.3 is 12.2 Å². The van der Waals surface area contributed by atoms with Gasteiger partial charge in [0.05, 0.1) is 23.5 Å². The van der Waals surface area contributed by atoms with Crippen LogP contribution in [0.2, 0.25) is 0 Å². The van der Waals surface area contributed by atoms with E-state index in [1.807, 2.05) is 146 Å². The average Bonchev–Trinajstić information content (AvgIpc) is 3.84. The van der Waals surface area contributed by atoms with Gasteiger partial charge < -0.3 is 18.6 Å². The van der Waals surface area contributed by atoms with Crippen molar-refractivity contribution in [1.29, 1.82) is 10.5 Å². The quantitative estimate of drug-likeness (QED) is 0.135. The number of carbonyl (C=O) groups excluding carboxylic acids is 2. The van der Waals surface area contributed by atoms with E-state index in [0.717, 1.165) is 75.5 Å². The van der Waals surface area contributed by atoms with Crippen LogP contribution < -0.4 is 9.47 Å². The predicted octanol–water partition coefficient (Wildman–Crippen LogP) is 14.9. The molecular weight excluding hydrogens is 1100 g/mol. The zero-order valence-corrected chi connectivity index (χ0v) is 45.7. The number of fused-ring (bicyclic) bond motifs is 6. The van der Waals surface area contributed by atoms with Crippen molar-refractivity contribution in [3.63, 3.8) is 0 Å². The third-order valence-electron chi connectivity index (χ3n) is 14.8. The number of para-hydroxylation sites is 4. The van der Waals surface area contributed by atoms with Crippen LogP contribution in [0.5, 0.6) is 11.5 Å². The maximum absolute atomic E-state index is 13.8. The molecule has 0 radical (unpaired) electrons. The Morgan fingerprint density at radius 3 is 1.13 bits per heavy atom. The Hall–Kier alpha value is -8.68. The van der Waals surface area contributed by atoms with Gasteiger partial charge in [-0.3, -0.25) is 9.80 Å². The van der Waals surface area contributed by atoms with Crippen molar-refractivity contribution in [2.45, 2.75) is 49.9 Å². The lowest BCUT2D eigenvalue weighted by Crippen LogP contribution is -2.55. The summed E-state index contributed by atoms with van der Waals surface area (Å²) in [6.07, 6.45) is 0.873. The average molecular weight is 1150 g/mol. The van der Waals surface area contributed by atoms with Gasteiger partial charge in [-0.25, -0.2) is 9.59 Å². The summed E-state index contributed by atoms with van der Waals surface area (Å²) in [6.45, 7) is 1.92. The fourth-order valence-electron chi connectivity index (χ4n) is 11.4. The molecule has 0 unspecified atom stereocenters. The van der Waals surface area contributed by atoms with Crippen molar-refractivity contribution < 1.29 is 19.1 Å². The molecule has 0 N–H and O–H groups in total. The minimum absolute atomic E-state index is 0.332. The van der Waals surface area contributed by atoms with Crippen molar-refractivity contribution in [2.24, 2.45) is 0 Å². The number of hydrogen-bond acceptors (Lipinski definition) is 6. The van der Waals surface area contributed by atoms with Crippen LogP contribution in [-0.4, -0.2) is 44.2 Å². The van der Waals surface area contributed by atoms with Gasteiger partial charge in [0.25, 0.3) is 0 Å². The molecule has 12 rings (SSSR count). The van der Waals surface area contributed by atoms with Crippen LogP contribution in [0.4, 0.5) is 9.59 Å². The summed E-state index contributed by atoms with van der Waals surface area (Å²) in [5.41, 5.74) is 7.67. The topological polar surface area (TPSA) is 117 Å². The first-order valence-corrected chi connectivity index (χ1v) is 27.5. The molecule has 8 aromatic carbocycles. The smallest absolute Gasteiger partial charge is 0.410 e. The van der Waals surface area contributed by atoms with Crippen LogP contribution in [-0.2, 0) is 49.9 Å². The van der Waals surface area contributed by atoms with Gasteiger partial charge in [-0.2, -0.15) is 10.5 Å². The number of amides is 2. The van der Waals surface area contributed by atoms with Gasteiger partial charge in [0.15, 0.2) is 11.1 Å². The molecular formula is C66H52Br2N6O4. The molecule has 2 atom stereocenters. The van der Waals surface area contributed by atoms with Crippen molar-refractivity contribution in [1.82, 2.24) is 18.9 Å². The van der Waals surface area contributed by atoms with Crippen LogP contribution in [0, 0.1) is 22.7 Å². The lowest BCUT2D eigenvalue weighted by molar-refractivity contribution is 0.0950. The van der Waals surface area contributed by atoms with Crippen LogP contribution in [0.25, 0.3) is 21.8 Å². The number of halogens is 2. The molecule has 384 valence electrons. The SMILES string of the molecule is N#C[C@]1(Cc2ccc(Br)cc2)c2c(c3ccccc3n2Cc2ccccc2)CCN1C(=O)Oc1ccccc1.N#C[C@]1(Cc2ccc(Br)cc2)c2c(c3ccccc3n2Cc2ccccc2)CCN1C(=O)Oc1ccccc1. The molecule has 2 aliphatic rings. The van der Waals surface area contributed by atoms with Crippen LogP contribution >= 0.6 is 31.9 Å². The number of benzene rings is 8. The summed E-state index contributed by atoms with van der Waals surface area (Å²) in [7, 11) is 0. The maximum atomic E-state index is 13.8. The van der Waals surface area contributed by atoms with E-state index in [1.165, 1.54) is 0 Å². The van der Waals surface area contributed by atoms with Gasteiger partial charge in [0.1, 0.15) is 11.5 Å². The van der Waals surface area contributed by atoms with Gasteiger partial charge in [-0.1, -0.05) is 190 Å². The first-order valence-electron chi connectivity index (χ1n) is 25.9. The molecule has 0 saturated carbocycles. The number of rotatable bonds is 10. The largest absolute Gasteiger partial charge is 0.416 e. The fraction of sp³-hybridized carbons (Fsp3) is 0.152. The van der Waals surface area contributed by atoms with E-state index in [2.05, 4.69) is 102 Å². The van der Waals surface area contributed by atoms with Crippen LogP contribution in [0.3, 0.4) is 0 Å². The van der Waals surface area contributed by atoms with E-state index in [4.69, 9.17) is 9.47 Å². The molecule has 0 spiro atoms. The minimum Gasteiger partial charge on any atom is -0.410 e. The molecule has 0 fully saturated rings. The molecule has 10 nitrogen and oxygen atoms in total. The number of nitriles is 2. The van der Waals surface area contributed by atoms with Crippen molar-refractivity contribution >= 4 is 65.9 Å². The number of nitrogens with zero attached hydrogens (tertiary/aromatic N) is 6.